The molecule has 8 nitrogen and oxygen atoms in total. The first-order valence-electron chi connectivity index (χ1n) is 17.7. The fourth-order valence-corrected chi connectivity index (χ4v) is 6.65. The van der Waals surface area contributed by atoms with Crippen LogP contribution in [0.5, 0.6) is 5.75 Å². The number of benzene rings is 3. The Hall–Kier alpha value is -4.37. The fraction of sp³-hybridized carbons (Fsp3) is 0.390. The second kappa shape index (κ2) is 17.3. The summed E-state index contributed by atoms with van der Waals surface area (Å²) in [5.41, 5.74) is 8.05. The Bertz CT molecular complexity index is 1650. The third-order valence-corrected chi connectivity index (χ3v) is 9.38. The van der Waals surface area contributed by atoms with E-state index in [0.717, 1.165) is 90.8 Å². The molecular formula is C41H49N3O5. The summed E-state index contributed by atoms with van der Waals surface area (Å²) >= 11 is 0. The van der Waals surface area contributed by atoms with Crippen molar-refractivity contribution in [1.82, 2.24) is 4.90 Å². The Morgan fingerprint density at radius 2 is 1.71 bits per heavy atom. The summed E-state index contributed by atoms with van der Waals surface area (Å²) in [7, 11) is 2.18. The van der Waals surface area contributed by atoms with Gasteiger partial charge in [-0.1, -0.05) is 36.4 Å². The van der Waals surface area contributed by atoms with Gasteiger partial charge in [-0.3, -0.25) is 9.69 Å². The quantitative estimate of drug-likeness (QED) is 0.183. The maximum Gasteiger partial charge on any atom is 0.251 e. The number of amides is 1. The lowest BCUT2D eigenvalue weighted by Crippen LogP contribution is -2.36. The van der Waals surface area contributed by atoms with Crippen LogP contribution in [0.2, 0.25) is 0 Å². The predicted molar refractivity (Wildman–Crippen MR) is 196 cm³/mol. The van der Waals surface area contributed by atoms with E-state index in [-0.39, 0.29) is 5.91 Å². The van der Waals surface area contributed by atoms with Crippen molar-refractivity contribution in [3.05, 3.63) is 108 Å². The van der Waals surface area contributed by atoms with Crippen LogP contribution in [0, 0.1) is 0 Å². The average Bonchev–Trinajstić information content (AvgIpc) is 3.87. The highest BCUT2D eigenvalue weighted by atomic mass is 16.5. The van der Waals surface area contributed by atoms with Crippen LogP contribution >= 0.6 is 0 Å². The average molecular weight is 664 g/mol. The Morgan fingerprint density at radius 1 is 0.939 bits per heavy atom. The van der Waals surface area contributed by atoms with Crippen molar-refractivity contribution in [3.8, 4) is 16.9 Å². The molecule has 1 N–H and O–H groups in total. The summed E-state index contributed by atoms with van der Waals surface area (Å²) < 4.78 is 21.7. The van der Waals surface area contributed by atoms with Crippen molar-refractivity contribution in [2.75, 3.05) is 56.8 Å². The number of anilines is 2. The maximum absolute atomic E-state index is 13.7. The van der Waals surface area contributed by atoms with E-state index in [4.69, 9.17) is 18.6 Å². The lowest BCUT2D eigenvalue weighted by molar-refractivity contribution is -0.112. The highest BCUT2D eigenvalue weighted by Gasteiger charge is 2.22. The Balaban J connectivity index is 0.000000765. The van der Waals surface area contributed by atoms with Gasteiger partial charge in [-0.25, -0.2) is 0 Å². The van der Waals surface area contributed by atoms with Gasteiger partial charge in [-0.2, -0.15) is 0 Å². The van der Waals surface area contributed by atoms with E-state index < -0.39 is 0 Å². The van der Waals surface area contributed by atoms with Crippen LogP contribution in [0.3, 0.4) is 0 Å². The number of rotatable bonds is 10. The summed E-state index contributed by atoms with van der Waals surface area (Å²) in [4.78, 5) is 18.4. The Labute approximate surface area is 290 Å². The van der Waals surface area contributed by atoms with Crippen LogP contribution in [0.1, 0.15) is 55.7 Å². The molecule has 2 saturated heterocycles. The number of carbonyl (C=O) groups is 1. The van der Waals surface area contributed by atoms with Gasteiger partial charge >= 0.3 is 0 Å². The summed E-state index contributed by atoms with van der Waals surface area (Å²) in [5.74, 6) is 0.775. The zero-order valence-electron chi connectivity index (χ0n) is 28.9. The SMILES string of the molecule is C1CCOC1.CCOc1ccccc1-c1ccc2c(c1)C=C(C(=O)Nc1ccc(CN(C)C3CCOCC3)cc1)CCN2Cc1ccoc1. The van der Waals surface area contributed by atoms with Gasteiger partial charge in [0.15, 0.2) is 0 Å². The number of nitrogens with zero attached hydrogens (tertiary/aromatic N) is 2. The molecule has 8 heteroatoms. The number of nitrogens with one attached hydrogen (secondary N) is 1. The molecule has 4 aromatic rings. The van der Waals surface area contributed by atoms with E-state index in [1.165, 1.54) is 18.4 Å². The minimum absolute atomic E-state index is 0.0756. The van der Waals surface area contributed by atoms with E-state index in [1.54, 1.807) is 12.5 Å². The molecule has 3 aromatic carbocycles. The molecule has 3 aliphatic rings. The first kappa shape index (κ1) is 34.5. The van der Waals surface area contributed by atoms with Gasteiger partial charge < -0.3 is 28.8 Å². The van der Waals surface area contributed by atoms with Crippen molar-refractivity contribution >= 4 is 23.4 Å². The van der Waals surface area contributed by atoms with Crippen LogP contribution in [-0.4, -0.2) is 63.5 Å². The van der Waals surface area contributed by atoms with E-state index in [0.29, 0.717) is 32.2 Å². The third kappa shape index (κ3) is 9.41. The molecule has 0 aliphatic carbocycles. The van der Waals surface area contributed by atoms with Gasteiger partial charge in [0.1, 0.15) is 5.75 Å². The molecule has 3 aliphatic heterocycles. The van der Waals surface area contributed by atoms with Crippen molar-refractivity contribution in [2.24, 2.45) is 0 Å². The van der Waals surface area contributed by atoms with Crippen LogP contribution < -0.4 is 15.0 Å². The minimum Gasteiger partial charge on any atom is -0.493 e. The van der Waals surface area contributed by atoms with Gasteiger partial charge in [0.25, 0.3) is 5.91 Å². The molecule has 4 heterocycles. The van der Waals surface area contributed by atoms with Crippen molar-refractivity contribution < 1.29 is 23.4 Å². The smallest absolute Gasteiger partial charge is 0.251 e. The number of carbonyl (C=O) groups excluding carboxylic acids is 1. The monoisotopic (exact) mass is 663 g/mol. The molecule has 1 aromatic heterocycles. The molecule has 7 rings (SSSR count). The van der Waals surface area contributed by atoms with Gasteiger partial charge in [0, 0.05) is 80.2 Å². The number of furan rings is 1. The van der Waals surface area contributed by atoms with Gasteiger partial charge in [-0.05, 0) is 105 Å². The Kier molecular flexibility index (Phi) is 12.2. The molecule has 0 bridgehead atoms. The number of hydrogen-bond donors (Lipinski definition) is 1. The molecular weight excluding hydrogens is 614 g/mol. The van der Waals surface area contributed by atoms with Gasteiger partial charge in [0.05, 0.1) is 19.1 Å². The largest absolute Gasteiger partial charge is 0.493 e. The van der Waals surface area contributed by atoms with Gasteiger partial charge in [0.2, 0.25) is 0 Å². The van der Waals surface area contributed by atoms with E-state index in [9.17, 15) is 4.79 Å². The van der Waals surface area contributed by atoms with Crippen LogP contribution in [-0.2, 0) is 27.4 Å². The van der Waals surface area contributed by atoms with Crippen molar-refractivity contribution in [1.29, 1.82) is 0 Å². The molecule has 0 saturated carbocycles. The molecule has 0 radical (unpaired) electrons. The van der Waals surface area contributed by atoms with Crippen LogP contribution in [0.4, 0.5) is 11.4 Å². The normalized spacial score (nSPS) is 16.3. The summed E-state index contributed by atoms with van der Waals surface area (Å²) in [6, 6.07) is 25.3. The van der Waals surface area contributed by atoms with E-state index in [1.807, 2.05) is 49.4 Å². The molecule has 49 heavy (non-hydrogen) atoms. The zero-order valence-corrected chi connectivity index (χ0v) is 28.9. The topological polar surface area (TPSA) is 76.4 Å². The second-order valence-electron chi connectivity index (χ2n) is 12.9. The highest BCUT2D eigenvalue weighted by molar-refractivity contribution is 6.07. The van der Waals surface area contributed by atoms with Gasteiger partial charge in [-0.15, -0.1) is 0 Å². The van der Waals surface area contributed by atoms with Crippen molar-refractivity contribution in [3.63, 3.8) is 0 Å². The zero-order chi connectivity index (χ0) is 33.8. The first-order valence-corrected chi connectivity index (χ1v) is 17.7. The summed E-state index contributed by atoms with van der Waals surface area (Å²) in [5, 5.41) is 3.16. The third-order valence-electron chi connectivity index (χ3n) is 9.38. The maximum atomic E-state index is 13.7. The summed E-state index contributed by atoms with van der Waals surface area (Å²) in [6.45, 7) is 8.55. The molecule has 1 amide bonds. The molecule has 2 fully saturated rings. The molecule has 0 spiro atoms. The van der Waals surface area contributed by atoms with Crippen LogP contribution in [0.25, 0.3) is 17.2 Å². The minimum atomic E-state index is -0.0756. The predicted octanol–water partition coefficient (Wildman–Crippen LogP) is 8.19. The lowest BCUT2D eigenvalue weighted by Gasteiger charge is -2.31. The lowest BCUT2D eigenvalue weighted by atomic mass is 9.99. The highest BCUT2D eigenvalue weighted by Crippen LogP contribution is 2.36. The van der Waals surface area contributed by atoms with E-state index in [2.05, 4.69) is 58.6 Å². The summed E-state index contributed by atoms with van der Waals surface area (Å²) in [6.07, 6.45) is 10.9. The molecule has 0 unspecified atom stereocenters. The van der Waals surface area contributed by atoms with Crippen LogP contribution in [0.15, 0.2) is 95.3 Å². The molecule has 0 atom stereocenters. The number of para-hydroxylation sites is 1. The Morgan fingerprint density at radius 3 is 2.43 bits per heavy atom. The first-order chi connectivity index (χ1) is 24.1. The number of ether oxygens (including phenoxy) is 3. The van der Waals surface area contributed by atoms with Crippen molar-refractivity contribution in [2.45, 2.75) is 58.2 Å². The number of hydrogen-bond acceptors (Lipinski definition) is 7. The number of fused-ring (bicyclic) bond motifs is 1. The van der Waals surface area contributed by atoms with E-state index >= 15 is 0 Å². The second-order valence-corrected chi connectivity index (χ2v) is 12.9. The molecule has 258 valence electrons. The fourth-order valence-electron chi connectivity index (χ4n) is 6.65. The standard InChI is InChI=1S/C37H41N3O4.C4H8O/c1-3-44-36-7-5-4-6-34(36)29-10-13-35-31(22-29)23-30(14-18-40(35)25-28-15-19-43-26-28)37(41)38-32-11-8-27(9-12-32)24-39(2)33-16-20-42-21-17-33;1-2-4-5-3-1/h4-13,15,19,22-23,26,33H,3,14,16-18,20-21,24-25H2,1-2H3,(H,38,41);1-4H2.